The molecule has 0 unspecified atom stereocenters. The highest BCUT2D eigenvalue weighted by Crippen LogP contribution is 2.32. The normalized spacial score (nSPS) is 15.8. The van der Waals surface area contributed by atoms with E-state index in [-0.39, 0.29) is 17.8 Å². The lowest BCUT2D eigenvalue weighted by atomic mass is 10.0. The van der Waals surface area contributed by atoms with Crippen molar-refractivity contribution in [3.63, 3.8) is 0 Å². The number of anilines is 1. The van der Waals surface area contributed by atoms with Crippen LogP contribution in [-0.4, -0.2) is 21.8 Å². The molecule has 1 aliphatic heterocycles. The van der Waals surface area contributed by atoms with E-state index in [4.69, 9.17) is 4.74 Å². The molecule has 0 saturated heterocycles. The quantitative estimate of drug-likeness (QED) is 0.941. The van der Waals surface area contributed by atoms with Gasteiger partial charge in [-0.1, -0.05) is 6.07 Å². The average Bonchev–Trinajstić information content (AvgIpc) is 3.11. The molecule has 1 aromatic heterocycles. The van der Waals surface area contributed by atoms with Gasteiger partial charge in [0.25, 0.3) is 5.91 Å². The second-order valence-electron chi connectivity index (χ2n) is 6.42. The molecule has 0 aliphatic carbocycles. The van der Waals surface area contributed by atoms with Gasteiger partial charge in [-0.05, 0) is 50.5 Å². The predicted molar refractivity (Wildman–Crippen MR) is 90.0 cm³/mol. The number of aryl methyl sites for hydroxylation is 2. The fraction of sp³-hybridized carbons (Fsp3) is 0.389. The van der Waals surface area contributed by atoms with Crippen LogP contribution in [0.15, 0.2) is 18.3 Å². The molecule has 24 heavy (non-hydrogen) atoms. The van der Waals surface area contributed by atoms with Crippen LogP contribution in [0.4, 0.5) is 5.82 Å². The van der Waals surface area contributed by atoms with E-state index in [1.807, 2.05) is 33.8 Å². The zero-order valence-corrected chi connectivity index (χ0v) is 14.3. The lowest BCUT2D eigenvalue weighted by Crippen LogP contribution is -2.31. The van der Waals surface area contributed by atoms with Crippen molar-refractivity contribution in [2.45, 2.75) is 46.3 Å². The van der Waals surface area contributed by atoms with Gasteiger partial charge in [-0.3, -0.25) is 9.48 Å². The second-order valence-corrected chi connectivity index (χ2v) is 6.42. The zero-order chi connectivity index (χ0) is 17.4. The number of aromatic nitrogens is 2. The molecule has 3 rings (SSSR count). The lowest BCUT2D eigenvalue weighted by Gasteiger charge is -2.10. The largest absolute Gasteiger partial charge is 0.480 e. The molecule has 0 bridgehead atoms. The van der Waals surface area contributed by atoms with E-state index in [2.05, 4.69) is 22.6 Å². The molecular weight excluding hydrogens is 304 g/mol. The van der Waals surface area contributed by atoms with Gasteiger partial charge in [-0.15, -0.1) is 0 Å². The molecule has 1 aliphatic rings. The van der Waals surface area contributed by atoms with E-state index in [1.165, 1.54) is 5.56 Å². The third kappa shape index (κ3) is 2.85. The zero-order valence-electron chi connectivity index (χ0n) is 14.3. The summed E-state index contributed by atoms with van der Waals surface area (Å²) in [5, 5.41) is 16.2. The number of nitriles is 1. The highest BCUT2D eigenvalue weighted by Gasteiger charge is 2.30. The van der Waals surface area contributed by atoms with Crippen LogP contribution in [0.2, 0.25) is 0 Å². The van der Waals surface area contributed by atoms with Crippen LogP contribution in [0.5, 0.6) is 5.75 Å². The van der Waals surface area contributed by atoms with Gasteiger partial charge in [0.2, 0.25) is 0 Å². The van der Waals surface area contributed by atoms with E-state index in [0.29, 0.717) is 12.0 Å². The molecule has 124 valence electrons. The summed E-state index contributed by atoms with van der Waals surface area (Å²) < 4.78 is 7.43. The van der Waals surface area contributed by atoms with Crippen molar-refractivity contribution in [2.75, 3.05) is 5.32 Å². The van der Waals surface area contributed by atoms with Gasteiger partial charge in [0.15, 0.2) is 11.9 Å². The molecule has 1 amide bonds. The number of amides is 1. The molecule has 0 saturated carbocycles. The maximum Gasteiger partial charge on any atom is 0.267 e. The lowest BCUT2D eigenvalue weighted by molar-refractivity contribution is -0.122. The van der Waals surface area contributed by atoms with Crippen LogP contribution in [0.25, 0.3) is 0 Å². The Morgan fingerprint density at radius 3 is 2.79 bits per heavy atom. The van der Waals surface area contributed by atoms with Crippen LogP contribution in [-0.2, 0) is 11.2 Å². The van der Waals surface area contributed by atoms with Crippen LogP contribution in [0, 0.1) is 25.2 Å². The molecule has 6 heteroatoms. The molecule has 6 nitrogen and oxygen atoms in total. The average molecular weight is 324 g/mol. The van der Waals surface area contributed by atoms with Gasteiger partial charge in [0, 0.05) is 18.7 Å². The van der Waals surface area contributed by atoms with Crippen LogP contribution in [0.1, 0.15) is 42.1 Å². The van der Waals surface area contributed by atoms with Crippen LogP contribution < -0.4 is 10.1 Å². The summed E-state index contributed by atoms with van der Waals surface area (Å²) in [5.41, 5.74) is 3.70. The van der Waals surface area contributed by atoms with E-state index in [9.17, 15) is 10.1 Å². The van der Waals surface area contributed by atoms with Crippen molar-refractivity contribution in [3.8, 4) is 11.8 Å². The van der Waals surface area contributed by atoms with Crippen LogP contribution in [0.3, 0.4) is 0 Å². The maximum atomic E-state index is 12.5. The molecule has 1 N–H and O–H groups in total. The van der Waals surface area contributed by atoms with Crippen molar-refractivity contribution in [1.82, 2.24) is 9.78 Å². The van der Waals surface area contributed by atoms with Crippen molar-refractivity contribution in [2.24, 2.45) is 0 Å². The summed E-state index contributed by atoms with van der Waals surface area (Å²) in [6.07, 6.45) is 1.56. The Bertz CT molecular complexity index is 814. The molecule has 0 radical (unpaired) electrons. The van der Waals surface area contributed by atoms with Gasteiger partial charge < -0.3 is 10.1 Å². The van der Waals surface area contributed by atoms with Gasteiger partial charge in [0.1, 0.15) is 17.4 Å². The first-order valence-electron chi connectivity index (χ1n) is 7.96. The maximum absolute atomic E-state index is 12.5. The fourth-order valence-corrected chi connectivity index (χ4v) is 2.69. The molecular formula is C18H20N4O2. The smallest absolute Gasteiger partial charge is 0.267 e. The second kappa shape index (κ2) is 6.00. The Morgan fingerprint density at radius 1 is 1.42 bits per heavy atom. The van der Waals surface area contributed by atoms with Gasteiger partial charge >= 0.3 is 0 Å². The molecule has 2 aromatic rings. The Hall–Kier alpha value is -2.81. The third-order valence-corrected chi connectivity index (χ3v) is 4.27. The Kier molecular flexibility index (Phi) is 4.02. The molecule has 1 atom stereocenters. The van der Waals surface area contributed by atoms with E-state index in [1.54, 1.807) is 10.9 Å². The van der Waals surface area contributed by atoms with Gasteiger partial charge in [0.05, 0.1) is 0 Å². The Labute approximate surface area is 141 Å². The monoisotopic (exact) mass is 324 g/mol. The number of hydrogen-bond acceptors (Lipinski definition) is 4. The number of carbonyl (C=O) groups excluding carboxylic acids is 1. The molecule has 0 fully saturated rings. The number of nitrogens with zero attached hydrogens (tertiary/aromatic N) is 3. The van der Waals surface area contributed by atoms with Gasteiger partial charge in [-0.25, -0.2) is 0 Å². The van der Waals surface area contributed by atoms with E-state index in [0.717, 1.165) is 16.9 Å². The Morgan fingerprint density at radius 2 is 2.12 bits per heavy atom. The number of benzene rings is 1. The van der Waals surface area contributed by atoms with Crippen molar-refractivity contribution < 1.29 is 9.53 Å². The summed E-state index contributed by atoms with van der Waals surface area (Å²) in [5.74, 6) is 0.751. The summed E-state index contributed by atoms with van der Waals surface area (Å²) in [6, 6.07) is 6.20. The topological polar surface area (TPSA) is 79.9 Å². The summed E-state index contributed by atoms with van der Waals surface area (Å²) in [6.45, 7) is 7.98. The summed E-state index contributed by atoms with van der Waals surface area (Å²) >= 11 is 0. The van der Waals surface area contributed by atoms with Crippen LogP contribution >= 0.6 is 0 Å². The van der Waals surface area contributed by atoms with E-state index >= 15 is 0 Å². The minimum Gasteiger partial charge on any atom is -0.480 e. The molecule has 1 aromatic carbocycles. The minimum atomic E-state index is -0.600. The predicted octanol–water partition coefficient (Wildman–Crippen LogP) is 2.89. The standard InChI is InChI=1S/C18H20N4O2/c1-10(2)22-9-14(8-19)17(21-22)20-18(23)16-7-13-5-11(3)12(4)6-15(13)24-16/h5-6,9-10,16H,7H2,1-4H3,(H,20,21,23)/t16-/m1/s1. The van der Waals surface area contributed by atoms with Crippen molar-refractivity contribution in [3.05, 3.63) is 40.6 Å². The SMILES string of the molecule is Cc1cc2c(cc1C)O[C@@H](C(=O)Nc1nn(C(C)C)cc1C#N)C2. The first kappa shape index (κ1) is 16.1. The molecule has 0 spiro atoms. The Balaban J connectivity index is 1.77. The number of hydrogen-bond donors (Lipinski definition) is 1. The fourth-order valence-electron chi connectivity index (χ4n) is 2.69. The number of rotatable bonds is 3. The molecule has 2 heterocycles. The van der Waals surface area contributed by atoms with Crippen molar-refractivity contribution in [1.29, 1.82) is 5.26 Å². The van der Waals surface area contributed by atoms with Crippen molar-refractivity contribution >= 4 is 11.7 Å². The number of nitrogens with one attached hydrogen (secondary N) is 1. The number of carbonyl (C=O) groups is 1. The minimum absolute atomic E-state index is 0.112. The summed E-state index contributed by atoms with van der Waals surface area (Å²) in [7, 11) is 0. The highest BCUT2D eigenvalue weighted by atomic mass is 16.5. The first-order chi connectivity index (χ1) is 11.4. The third-order valence-electron chi connectivity index (χ3n) is 4.27. The van der Waals surface area contributed by atoms with E-state index < -0.39 is 6.10 Å². The first-order valence-corrected chi connectivity index (χ1v) is 7.96. The number of fused-ring (bicyclic) bond motifs is 1. The highest BCUT2D eigenvalue weighted by molar-refractivity contribution is 5.95. The van der Waals surface area contributed by atoms with Gasteiger partial charge in [-0.2, -0.15) is 10.4 Å². The number of ether oxygens (including phenoxy) is 1. The summed E-state index contributed by atoms with van der Waals surface area (Å²) in [4.78, 5) is 12.5.